The predicted octanol–water partition coefficient (Wildman–Crippen LogP) is 8.01. The number of ether oxygens (including phenoxy) is 2. The highest BCUT2D eigenvalue weighted by molar-refractivity contribution is 9.11. The van der Waals surface area contributed by atoms with Gasteiger partial charge in [0.15, 0.2) is 11.5 Å². The SMILES string of the molecule is COc1cc(C=NNC(=O)c2[nH]c3c(Br)cccc3c2-c2ccccc2Cl)ccc1OC(=O)c1ccc(Br)cc1. The maximum absolute atomic E-state index is 13.3. The molecule has 7 nitrogen and oxygen atoms in total. The highest BCUT2D eigenvalue weighted by Crippen LogP contribution is 2.38. The van der Waals surface area contributed by atoms with Crippen LogP contribution >= 0.6 is 43.5 Å². The Labute approximate surface area is 251 Å². The summed E-state index contributed by atoms with van der Waals surface area (Å²) in [6.07, 6.45) is 1.47. The molecule has 5 aromatic rings. The molecule has 0 aliphatic carbocycles. The summed E-state index contributed by atoms with van der Waals surface area (Å²) in [7, 11) is 1.47. The van der Waals surface area contributed by atoms with Crippen LogP contribution in [0.1, 0.15) is 26.4 Å². The number of hydrazone groups is 1. The Hall–Kier alpha value is -3.92. The van der Waals surface area contributed by atoms with Gasteiger partial charge in [-0.05, 0) is 76.1 Å². The maximum Gasteiger partial charge on any atom is 0.343 e. The zero-order valence-corrected chi connectivity index (χ0v) is 24.8. The Morgan fingerprint density at radius 2 is 1.73 bits per heavy atom. The minimum Gasteiger partial charge on any atom is -0.493 e. The number of aromatic nitrogens is 1. The fraction of sp³-hybridized carbons (Fsp3) is 0.0333. The number of nitrogens with zero attached hydrogens (tertiary/aromatic N) is 1. The lowest BCUT2D eigenvalue weighted by Crippen LogP contribution is -2.19. The Balaban J connectivity index is 1.37. The van der Waals surface area contributed by atoms with Crippen molar-refractivity contribution in [3.05, 3.63) is 116 Å². The van der Waals surface area contributed by atoms with E-state index in [1.165, 1.54) is 13.3 Å². The van der Waals surface area contributed by atoms with Crippen LogP contribution in [0.15, 0.2) is 99.0 Å². The van der Waals surface area contributed by atoms with E-state index in [1.54, 1.807) is 48.5 Å². The van der Waals surface area contributed by atoms with Crippen molar-refractivity contribution in [2.24, 2.45) is 5.10 Å². The van der Waals surface area contributed by atoms with Crippen molar-refractivity contribution >= 4 is 72.5 Å². The quantitative estimate of drug-likeness (QED) is 0.0788. The first kappa shape index (κ1) is 27.6. The summed E-state index contributed by atoms with van der Waals surface area (Å²) in [5.41, 5.74) is 6.08. The van der Waals surface area contributed by atoms with Gasteiger partial charge in [0.2, 0.25) is 0 Å². The third kappa shape index (κ3) is 5.82. The number of methoxy groups -OCH3 is 1. The number of H-pyrrole nitrogens is 1. The topological polar surface area (TPSA) is 92.8 Å². The minimum absolute atomic E-state index is 0.254. The van der Waals surface area contributed by atoms with Gasteiger partial charge in [0.1, 0.15) is 5.69 Å². The summed E-state index contributed by atoms with van der Waals surface area (Å²) < 4.78 is 12.6. The van der Waals surface area contributed by atoms with Crippen LogP contribution in [0.25, 0.3) is 22.0 Å². The molecular weight excluding hydrogens is 662 g/mol. The van der Waals surface area contributed by atoms with Crippen LogP contribution in [0.5, 0.6) is 11.5 Å². The highest BCUT2D eigenvalue weighted by Gasteiger charge is 2.21. The summed E-state index contributed by atoms with van der Waals surface area (Å²) in [4.78, 5) is 29.0. The van der Waals surface area contributed by atoms with Crippen LogP contribution in [0.3, 0.4) is 0 Å². The van der Waals surface area contributed by atoms with Crippen molar-refractivity contribution in [1.29, 1.82) is 0 Å². The highest BCUT2D eigenvalue weighted by atomic mass is 79.9. The number of fused-ring (bicyclic) bond motifs is 1. The molecule has 0 unspecified atom stereocenters. The molecule has 1 amide bonds. The number of para-hydroxylation sites is 1. The lowest BCUT2D eigenvalue weighted by molar-refractivity contribution is 0.0729. The van der Waals surface area contributed by atoms with Crippen molar-refractivity contribution in [3.63, 3.8) is 0 Å². The van der Waals surface area contributed by atoms with Gasteiger partial charge in [0.05, 0.1) is 24.4 Å². The van der Waals surface area contributed by atoms with Gasteiger partial charge in [-0.1, -0.05) is 57.9 Å². The summed E-state index contributed by atoms with van der Waals surface area (Å²) in [5, 5.41) is 5.50. The molecule has 2 N–H and O–H groups in total. The Morgan fingerprint density at radius 3 is 2.48 bits per heavy atom. The molecule has 0 radical (unpaired) electrons. The summed E-state index contributed by atoms with van der Waals surface area (Å²) in [6.45, 7) is 0. The van der Waals surface area contributed by atoms with E-state index in [2.05, 4.69) is 47.4 Å². The molecular formula is C30H20Br2ClN3O4. The van der Waals surface area contributed by atoms with Gasteiger partial charge >= 0.3 is 5.97 Å². The first-order chi connectivity index (χ1) is 19.4. The van der Waals surface area contributed by atoms with E-state index >= 15 is 0 Å². The zero-order chi connectivity index (χ0) is 28.2. The second-order valence-corrected chi connectivity index (χ2v) is 10.7. The number of amides is 1. The number of carbonyl (C=O) groups is 2. The Morgan fingerprint density at radius 1 is 0.950 bits per heavy atom. The lowest BCUT2D eigenvalue weighted by Gasteiger charge is -2.10. The molecule has 0 saturated heterocycles. The summed E-state index contributed by atoms with van der Waals surface area (Å²) in [5.74, 6) is -0.369. The zero-order valence-electron chi connectivity index (χ0n) is 20.9. The number of esters is 1. The van der Waals surface area contributed by atoms with Gasteiger partial charge in [0.25, 0.3) is 5.91 Å². The molecule has 1 aromatic heterocycles. The smallest absolute Gasteiger partial charge is 0.343 e. The fourth-order valence-electron chi connectivity index (χ4n) is 4.11. The van der Waals surface area contributed by atoms with Crippen LogP contribution in [-0.4, -0.2) is 30.2 Å². The molecule has 0 saturated carbocycles. The van der Waals surface area contributed by atoms with Crippen molar-refractivity contribution in [2.75, 3.05) is 7.11 Å². The number of nitrogens with one attached hydrogen (secondary N) is 2. The average molecular weight is 682 g/mol. The molecule has 0 spiro atoms. The van der Waals surface area contributed by atoms with Gasteiger partial charge in [0, 0.05) is 30.5 Å². The molecule has 200 valence electrons. The van der Waals surface area contributed by atoms with E-state index in [4.69, 9.17) is 21.1 Å². The Kier molecular flexibility index (Phi) is 8.35. The van der Waals surface area contributed by atoms with E-state index in [-0.39, 0.29) is 5.75 Å². The standard InChI is InChI=1S/C30H20Br2ClN3O4/c1-39-25-15-17(9-14-24(25)40-30(38)18-10-12-19(31)13-11-18)16-34-36-29(37)28-26(20-5-2-3-8-23(20)33)21-6-4-7-22(32)27(21)35-28/h2-16,35H,1H3,(H,36,37). The fourth-order valence-corrected chi connectivity index (χ4v) is 5.07. The maximum atomic E-state index is 13.3. The second kappa shape index (κ2) is 12.1. The predicted molar refractivity (Wildman–Crippen MR) is 164 cm³/mol. The third-order valence-electron chi connectivity index (χ3n) is 6.00. The molecule has 0 bridgehead atoms. The van der Waals surface area contributed by atoms with Crippen LogP contribution in [0, 0.1) is 0 Å². The van der Waals surface area contributed by atoms with E-state index in [1.807, 2.05) is 36.4 Å². The number of hydrogen-bond acceptors (Lipinski definition) is 5. The number of aromatic amines is 1. The largest absolute Gasteiger partial charge is 0.493 e. The number of rotatable bonds is 7. The molecule has 0 aliphatic rings. The molecule has 40 heavy (non-hydrogen) atoms. The molecule has 4 aromatic carbocycles. The molecule has 0 atom stereocenters. The molecule has 5 rings (SSSR count). The van der Waals surface area contributed by atoms with Gasteiger partial charge in [-0.2, -0.15) is 5.10 Å². The normalized spacial score (nSPS) is 11.1. The van der Waals surface area contributed by atoms with Gasteiger partial charge in [-0.25, -0.2) is 10.2 Å². The van der Waals surface area contributed by atoms with E-state index < -0.39 is 11.9 Å². The van der Waals surface area contributed by atoms with E-state index in [0.717, 1.165) is 25.4 Å². The van der Waals surface area contributed by atoms with Gasteiger partial charge in [-0.3, -0.25) is 4.79 Å². The molecule has 0 aliphatic heterocycles. The van der Waals surface area contributed by atoms with Crippen LogP contribution in [-0.2, 0) is 0 Å². The van der Waals surface area contributed by atoms with Crippen molar-refractivity contribution in [2.45, 2.75) is 0 Å². The molecule has 0 fully saturated rings. The third-order valence-corrected chi connectivity index (χ3v) is 7.52. The lowest BCUT2D eigenvalue weighted by atomic mass is 10.0. The monoisotopic (exact) mass is 679 g/mol. The number of halogens is 3. The first-order valence-electron chi connectivity index (χ1n) is 11.9. The summed E-state index contributed by atoms with van der Waals surface area (Å²) in [6, 6.07) is 24.8. The van der Waals surface area contributed by atoms with Crippen LogP contribution in [0.4, 0.5) is 0 Å². The van der Waals surface area contributed by atoms with Crippen molar-refractivity contribution in [1.82, 2.24) is 10.4 Å². The number of carbonyl (C=O) groups excluding carboxylic acids is 2. The van der Waals surface area contributed by atoms with Crippen LogP contribution < -0.4 is 14.9 Å². The van der Waals surface area contributed by atoms with Crippen molar-refractivity contribution in [3.8, 4) is 22.6 Å². The second-order valence-electron chi connectivity index (χ2n) is 8.52. The van der Waals surface area contributed by atoms with E-state index in [0.29, 0.717) is 33.2 Å². The van der Waals surface area contributed by atoms with Gasteiger partial charge < -0.3 is 14.5 Å². The number of benzene rings is 4. The summed E-state index contributed by atoms with van der Waals surface area (Å²) >= 11 is 13.4. The first-order valence-corrected chi connectivity index (χ1v) is 13.9. The average Bonchev–Trinajstić information content (AvgIpc) is 3.35. The van der Waals surface area contributed by atoms with E-state index in [9.17, 15) is 9.59 Å². The Bertz CT molecular complexity index is 1770. The minimum atomic E-state index is -0.515. The molecule has 1 heterocycles. The number of hydrogen-bond donors (Lipinski definition) is 2. The van der Waals surface area contributed by atoms with Crippen molar-refractivity contribution < 1.29 is 19.1 Å². The van der Waals surface area contributed by atoms with Crippen LogP contribution in [0.2, 0.25) is 5.02 Å². The molecule has 10 heteroatoms. The van der Waals surface area contributed by atoms with Gasteiger partial charge in [-0.15, -0.1) is 0 Å².